The van der Waals surface area contributed by atoms with Crippen LogP contribution < -0.4 is 0 Å². The first-order valence-electron chi connectivity index (χ1n) is 11.4. The molecule has 204 valence electrons. The van der Waals surface area contributed by atoms with Gasteiger partial charge in [0.15, 0.2) is 0 Å². The van der Waals surface area contributed by atoms with Crippen LogP contribution in [0.2, 0.25) is 0 Å². The molecule has 4 atom stereocenters. The van der Waals surface area contributed by atoms with Crippen LogP contribution in [0.15, 0.2) is 0 Å². The van der Waals surface area contributed by atoms with Crippen molar-refractivity contribution >= 4 is 27.6 Å². The van der Waals surface area contributed by atoms with E-state index in [9.17, 15) is 28.5 Å². The van der Waals surface area contributed by atoms with Crippen molar-refractivity contribution in [3.05, 3.63) is 0 Å². The van der Waals surface area contributed by atoms with Crippen molar-refractivity contribution in [2.45, 2.75) is 79.8 Å². The lowest BCUT2D eigenvalue weighted by Gasteiger charge is -2.18. The van der Waals surface area contributed by atoms with Gasteiger partial charge < -0.3 is 19.3 Å². The Bertz CT molecular complexity index is 643. The van der Waals surface area contributed by atoms with Gasteiger partial charge in [-0.2, -0.15) is 0 Å². The fourth-order valence-electron chi connectivity index (χ4n) is 1.78. The number of carbonyl (C=O) groups is 2. The van der Waals surface area contributed by atoms with Crippen LogP contribution in [0, 0.1) is 5.92 Å². The first-order valence-corrected chi connectivity index (χ1v) is 14.4. The van der Waals surface area contributed by atoms with Gasteiger partial charge in [0.1, 0.15) is 6.10 Å². The zero-order valence-electron chi connectivity index (χ0n) is 21.1. The van der Waals surface area contributed by atoms with Gasteiger partial charge in [-0.25, -0.2) is 9.13 Å². The molecule has 0 aliphatic heterocycles. The molecule has 0 saturated heterocycles. The lowest BCUT2D eigenvalue weighted by molar-refractivity contribution is -0.150. The second-order valence-corrected chi connectivity index (χ2v) is 10.1. The third-order valence-corrected chi connectivity index (χ3v) is 5.69. The van der Waals surface area contributed by atoms with Gasteiger partial charge in [-0.3, -0.25) is 27.7 Å². The summed E-state index contributed by atoms with van der Waals surface area (Å²) in [7, 11) is -7.98. The van der Waals surface area contributed by atoms with Crippen molar-refractivity contribution in [2.75, 3.05) is 33.0 Å². The molecule has 0 aromatic rings. The number of phosphoric acid groups is 2. The van der Waals surface area contributed by atoms with Crippen LogP contribution in [0.25, 0.3) is 0 Å². The highest BCUT2D eigenvalue weighted by Gasteiger charge is 2.24. The molecule has 12 nitrogen and oxygen atoms in total. The molecule has 34 heavy (non-hydrogen) atoms. The lowest BCUT2D eigenvalue weighted by atomic mass is 10.2. The second-order valence-electron chi connectivity index (χ2n) is 7.21. The van der Waals surface area contributed by atoms with Crippen LogP contribution in [0.1, 0.15) is 73.6 Å². The molecule has 0 aliphatic rings. The molecule has 0 bridgehead atoms. The van der Waals surface area contributed by atoms with E-state index in [-0.39, 0.29) is 57.3 Å². The fraction of sp³-hybridized carbons (Fsp3) is 0.900. The Morgan fingerprint density at radius 2 is 1.21 bits per heavy atom. The Kier molecular flexibility index (Phi) is 21.2. The normalized spacial score (nSPS) is 16.2. The molecular formula is C20H42O12P2. The number of phosphoric ester groups is 2. The van der Waals surface area contributed by atoms with E-state index in [1.807, 2.05) is 13.8 Å². The topological polar surface area (TPSA) is 164 Å². The Morgan fingerprint density at radius 3 is 1.62 bits per heavy atom. The molecule has 0 amide bonds. The summed E-state index contributed by atoms with van der Waals surface area (Å²) < 4.78 is 51.3. The van der Waals surface area contributed by atoms with E-state index in [1.54, 1.807) is 27.7 Å². The number of rotatable bonds is 18. The highest BCUT2D eigenvalue weighted by molar-refractivity contribution is 7.47. The summed E-state index contributed by atoms with van der Waals surface area (Å²) in [5, 5.41) is 0. The van der Waals surface area contributed by atoms with Crippen molar-refractivity contribution < 1.29 is 56.1 Å². The monoisotopic (exact) mass is 536 g/mol. The maximum Gasteiger partial charge on any atom is 0.472 e. The average Bonchev–Trinajstić information content (AvgIpc) is 2.81. The van der Waals surface area contributed by atoms with Crippen LogP contribution in [-0.2, 0) is 46.3 Å². The summed E-state index contributed by atoms with van der Waals surface area (Å²) in [5.74, 6) is -0.815. The third kappa shape index (κ3) is 21.7. The maximum absolute atomic E-state index is 11.3. The molecule has 0 saturated carbocycles. The molecule has 0 fully saturated rings. The van der Waals surface area contributed by atoms with Gasteiger partial charge in [-0.15, -0.1) is 0 Å². The molecule has 0 aromatic heterocycles. The van der Waals surface area contributed by atoms with E-state index >= 15 is 0 Å². The highest BCUT2D eigenvalue weighted by atomic mass is 31.2. The quantitative estimate of drug-likeness (QED) is 0.188. The molecule has 0 heterocycles. The average molecular weight is 536 g/mol. The molecular weight excluding hydrogens is 494 g/mol. The molecule has 0 spiro atoms. The van der Waals surface area contributed by atoms with Crippen LogP contribution >= 0.6 is 15.6 Å². The molecule has 2 N–H and O–H groups in total. The van der Waals surface area contributed by atoms with E-state index < -0.39 is 21.7 Å². The minimum atomic E-state index is -4.02. The predicted molar refractivity (Wildman–Crippen MR) is 125 cm³/mol. The zero-order chi connectivity index (χ0) is 26.6. The first kappa shape index (κ1) is 35.3. The SMILES string of the molecule is CCCOP(=O)(O)OCC(C)COC(=O)CC.CCCOP(=O)(O)OCC(CC)OC(=O)CC. The molecule has 4 unspecified atom stereocenters. The van der Waals surface area contributed by atoms with Gasteiger partial charge in [0.25, 0.3) is 0 Å². The molecule has 0 rings (SSSR count). The number of hydrogen-bond donors (Lipinski definition) is 2. The van der Waals surface area contributed by atoms with Gasteiger partial charge in [0.05, 0.1) is 33.0 Å². The summed E-state index contributed by atoms with van der Waals surface area (Å²) in [4.78, 5) is 40.4. The second kappa shape index (κ2) is 20.4. The van der Waals surface area contributed by atoms with E-state index in [0.717, 1.165) is 0 Å². The largest absolute Gasteiger partial charge is 0.472 e. The van der Waals surface area contributed by atoms with Crippen molar-refractivity contribution in [2.24, 2.45) is 5.92 Å². The van der Waals surface area contributed by atoms with Crippen LogP contribution in [0.3, 0.4) is 0 Å². The summed E-state index contributed by atoms with van der Waals surface area (Å²) in [6.45, 7) is 10.9. The Balaban J connectivity index is 0. The zero-order valence-corrected chi connectivity index (χ0v) is 22.9. The molecule has 0 radical (unpaired) electrons. The summed E-state index contributed by atoms with van der Waals surface area (Å²) in [5.41, 5.74) is 0. The number of hydrogen-bond acceptors (Lipinski definition) is 10. The van der Waals surface area contributed by atoms with E-state index in [4.69, 9.17) is 18.5 Å². The van der Waals surface area contributed by atoms with Crippen molar-refractivity contribution in [3.63, 3.8) is 0 Å². The third-order valence-electron chi connectivity index (χ3n) is 3.72. The molecule has 14 heteroatoms. The Hall–Kier alpha value is -0.840. The van der Waals surface area contributed by atoms with Crippen LogP contribution in [0.4, 0.5) is 0 Å². The highest BCUT2D eigenvalue weighted by Crippen LogP contribution is 2.44. The maximum atomic E-state index is 11.3. The Morgan fingerprint density at radius 1 is 0.735 bits per heavy atom. The van der Waals surface area contributed by atoms with E-state index in [0.29, 0.717) is 25.7 Å². The standard InChI is InChI=1S/2C10H21O6P/c1-4-6-15-17(12,13)16-8-9(3)7-14-10(11)5-2;1-4-7-14-17(12,13)15-8-9(5-2)16-10(11)6-3/h2*9H,4-8H2,1-3H3,(H,12,13). The summed E-state index contributed by atoms with van der Waals surface area (Å²) in [6, 6.07) is 0. The smallest absolute Gasteiger partial charge is 0.465 e. The first-order chi connectivity index (χ1) is 15.9. The number of esters is 2. The minimum Gasteiger partial charge on any atom is -0.465 e. The van der Waals surface area contributed by atoms with E-state index in [1.165, 1.54) is 0 Å². The molecule has 0 aliphatic carbocycles. The van der Waals surface area contributed by atoms with Gasteiger partial charge in [-0.1, -0.05) is 41.5 Å². The van der Waals surface area contributed by atoms with Gasteiger partial charge in [-0.05, 0) is 19.3 Å². The van der Waals surface area contributed by atoms with Crippen LogP contribution in [-0.4, -0.2) is 60.9 Å². The molecule has 0 aromatic carbocycles. The summed E-state index contributed by atoms with van der Waals surface area (Å²) >= 11 is 0. The lowest BCUT2D eigenvalue weighted by Crippen LogP contribution is -2.22. The van der Waals surface area contributed by atoms with Gasteiger partial charge >= 0.3 is 27.6 Å². The van der Waals surface area contributed by atoms with Gasteiger partial charge in [0.2, 0.25) is 0 Å². The van der Waals surface area contributed by atoms with E-state index in [2.05, 4.69) is 9.05 Å². The van der Waals surface area contributed by atoms with Gasteiger partial charge in [0, 0.05) is 18.8 Å². The number of ether oxygens (including phenoxy) is 2. The van der Waals surface area contributed by atoms with Crippen LogP contribution in [0.5, 0.6) is 0 Å². The summed E-state index contributed by atoms with van der Waals surface area (Å²) in [6.07, 6.45) is 1.83. The predicted octanol–water partition coefficient (Wildman–Crippen LogP) is 4.38. The fourth-order valence-corrected chi connectivity index (χ4v) is 3.55. The number of carbonyl (C=O) groups excluding carboxylic acids is 2. The van der Waals surface area contributed by atoms with Crippen molar-refractivity contribution in [1.82, 2.24) is 0 Å². The van der Waals surface area contributed by atoms with Crippen molar-refractivity contribution in [1.29, 1.82) is 0 Å². The van der Waals surface area contributed by atoms with Crippen molar-refractivity contribution in [3.8, 4) is 0 Å². The minimum absolute atomic E-state index is 0.00842. The Labute approximate surface area is 202 Å².